The van der Waals surface area contributed by atoms with Crippen LogP contribution in [0.15, 0.2) is 60.7 Å². The molecule has 1 aromatic heterocycles. The number of hydrogen-bond acceptors (Lipinski definition) is 2. The lowest BCUT2D eigenvalue weighted by Crippen LogP contribution is -2.28. The molecule has 1 heterocycles. The largest absolute Gasteiger partial charge is 0.334 e. The number of urea groups is 1. The van der Waals surface area contributed by atoms with Gasteiger partial charge in [-0.1, -0.05) is 53.1 Å². The van der Waals surface area contributed by atoms with E-state index >= 15 is 0 Å². The van der Waals surface area contributed by atoms with Crippen molar-refractivity contribution in [3.05, 3.63) is 82.4 Å². The Bertz CT molecular complexity index is 920. The van der Waals surface area contributed by atoms with Crippen LogP contribution in [-0.4, -0.2) is 11.0 Å². The molecule has 0 aliphatic heterocycles. The fourth-order valence-electron chi connectivity index (χ4n) is 2.77. The standard InChI is InChI=1S/C21H20ClN3O/c1-14-10-15(2)12-17(11-14)19-8-5-9-20(24-19)25-21(26)23-13-16-6-3-4-7-18(16)22/h3-12H,13H2,1-2H3,(H2,23,24,25,26). The Morgan fingerprint density at radius 1 is 1.00 bits per heavy atom. The van der Waals surface area contributed by atoms with E-state index in [0.29, 0.717) is 17.4 Å². The number of benzene rings is 2. The number of aromatic nitrogens is 1. The number of carbonyl (C=O) groups is 1. The monoisotopic (exact) mass is 365 g/mol. The average Bonchev–Trinajstić information content (AvgIpc) is 2.60. The van der Waals surface area contributed by atoms with Crippen molar-refractivity contribution in [3.8, 4) is 11.3 Å². The second kappa shape index (κ2) is 8.02. The third-order valence-corrected chi connectivity index (χ3v) is 4.27. The zero-order valence-corrected chi connectivity index (χ0v) is 15.5. The summed E-state index contributed by atoms with van der Waals surface area (Å²) < 4.78 is 0. The Balaban J connectivity index is 1.68. The van der Waals surface area contributed by atoms with Gasteiger partial charge in [-0.05, 0) is 49.7 Å². The minimum Gasteiger partial charge on any atom is -0.334 e. The molecule has 4 nitrogen and oxygen atoms in total. The molecule has 0 saturated carbocycles. The maximum atomic E-state index is 12.1. The van der Waals surface area contributed by atoms with Gasteiger partial charge in [0.1, 0.15) is 5.82 Å². The minimum absolute atomic E-state index is 0.324. The van der Waals surface area contributed by atoms with Crippen molar-refractivity contribution in [3.63, 3.8) is 0 Å². The molecule has 0 saturated heterocycles. The molecule has 2 aromatic carbocycles. The number of anilines is 1. The van der Waals surface area contributed by atoms with Gasteiger partial charge in [0, 0.05) is 17.1 Å². The van der Waals surface area contributed by atoms with Crippen LogP contribution >= 0.6 is 11.6 Å². The fraction of sp³-hybridized carbons (Fsp3) is 0.143. The van der Waals surface area contributed by atoms with Crippen LogP contribution in [0, 0.1) is 13.8 Å². The predicted octanol–water partition coefficient (Wildman–Crippen LogP) is 5.34. The molecule has 0 radical (unpaired) electrons. The highest BCUT2D eigenvalue weighted by Crippen LogP contribution is 2.22. The van der Waals surface area contributed by atoms with Gasteiger partial charge in [-0.15, -0.1) is 0 Å². The molecular formula is C21H20ClN3O. The van der Waals surface area contributed by atoms with E-state index in [1.165, 1.54) is 11.1 Å². The zero-order chi connectivity index (χ0) is 18.5. The van der Waals surface area contributed by atoms with Crippen LogP contribution in [0.5, 0.6) is 0 Å². The van der Waals surface area contributed by atoms with E-state index in [0.717, 1.165) is 16.8 Å². The Morgan fingerprint density at radius 2 is 1.73 bits per heavy atom. The molecule has 2 N–H and O–H groups in total. The van der Waals surface area contributed by atoms with Crippen molar-refractivity contribution in [2.24, 2.45) is 0 Å². The van der Waals surface area contributed by atoms with Crippen molar-refractivity contribution in [1.29, 1.82) is 0 Å². The molecule has 0 unspecified atom stereocenters. The highest BCUT2D eigenvalue weighted by atomic mass is 35.5. The molecule has 0 spiro atoms. The van der Waals surface area contributed by atoms with Crippen molar-refractivity contribution < 1.29 is 4.79 Å². The summed E-state index contributed by atoms with van der Waals surface area (Å²) in [7, 11) is 0. The number of hydrogen-bond donors (Lipinski definition) is 2. The van der Waals surface area contributed by atoms with Crippen LogP contribution in [-0.2, 0) is 6.54 Å². The summed E-state index contributed by atoms with van der Waals surface area (Å²) in [6.45, 7) is 4.46. The SMILES string of the molecule is Cc1cc(C)cc(-c2cccc(NC(=O)NCc3ccccc3Cl)n2)c1. The molecule has 0 fully saturated rings. The number of halogens is 1. The van der Waals surface area contributed by atoms with Gasteiger partial charge in [0.2, 0.25) is 0 Å². The second-order valence-corrected chi connectivity index (χ2v) is 6.59. The highest BCUT2D eigenvalue weighted by molar-refractivity contribution is 6.31. The Labute approximate surface area is 158 Å². The summed E-state index contributed by atoms with van der Waals surface area (Å²) in [5.74, 6) is 0.498. The number of nitrogens with zero attached hydrogens (tertiary/aromatic N) is 1. The summed E-state index contributed by atoms with van der Waals surface area (Å²) in [6, 6.07) is 18.9. The quantitative estimate of drug-likeness (QED) is 0.655. The molecule has 5 heteroatoms. The maximum absolute atomic E-state index is 12.1. The molecule has 26 heavy (non-hydrogen) atoms. The number of pyridine rings is 1. The first-order chi connectivity index (χ1) is 12.5. The predicted molar refractivity (Wildman–Crippen MR) is 106 cm³/mol. The lowest BCUT2D eigenvalue weighted by Gasteiger charge is -2.10. The maximum Gasteiger partial charge on any atom is 0.320 e. The number of carbonyl (C=O) groups excluding carboxylic acids is 1. The summed E-state index contributed by atoms with van der Waals surface area (Å²) in [5.41, 5.74) is 5.07. The van der Waals surface area contributed by atoms with E-state index in [-0.39, 0.29) is 6.03 Å². The molecule has 0 aliphatic rings. The lowest BCUT2D eigenvalue weighted by molar-refractivity contribution is 0.251. The molecule has 0 aliphatic carbocycles. The zero-order valence-electron chi connectivity index (χ0n) is 14.7. The van der Waals surface area contributed by atoms with Gasteiger partial charge in [0.25, 0.3) is 0 Å². The van der Waals surface area contributed by atoms with E-state index in [1.54, 1.807) is 12.1 Å². The average molecular weight is 366 g/mol. The normalized spacial score (nSPS) is 10.4. The number of nitrogens with one attached hydrogen (secondary N) is 2. The first-order valence-corrected chi connectivity index (χ1v) is 8.73. The van der Waals surface area contributed by atoms with E-state index in [9.17, 15) is 4.79 Å². The topological polar surface area (TPSA) is 54.0 Å². The Kier molecular flexibility index (Phi) is 5.54. The fourth-order valence-corrected chi connectivity index (χ4v) is 2.97. The molecule has 0 bridgehead atoms. The van der Waals surface area contributed by atoms with E-state index in [2.05, 4.69) is 47.7 Å². The first kappa shape index (κ1) is 18.0. The molecule has 2 amide bonds. The van der Waals surface area contributed by atoms with Crippen LogP contribution in [0.4, 0.5) is 10.6 Å². The van der Waals surface area contributed by atoms with Gasteiger partial charge >= 0.3 is 6.03 Å². The van der Waals surface area contributed by atoms with Crippen LogP contribution in [0.1, 0.15) is 16.7 Å². The van der Waals surface area contributed by atoms with Crippen molar-refractivity contribution >= 4 is 23.4 Å². The van der Waals surface area contributed by atoms with E-state index in [4.69, 9.17) is 11.6 Å². The molecular weight excluding hydrogens is 346 g/mol. The number of aryl methyl sites for hydroxylation is 2. The third-order valence-electron chi connectivity index (χ3n) is 3.91. The lowest BCUT2D eigenvalue weighted by atomic mass is 10.0. The summed E-state index contributed by atoms with van der Waals surface area (Å²) in [6.07, 6.45) is 0. The van der Waals surface area contributed by atoms with Gasteiger partial charge in [-0.25, -0.2) is 9.78 Å². The molecule has 3 aromatic rings. The van der Waals surface area contributed by atoms with Crippen molar-refractivity contribution in [1.82, 2.24) is 10.3 Å². The summed E-state index contributed by atoms with van der Waals surface area (Å²) in [4.78, 5) is 16.7. The molecule has 0 atom stereocenters. The van der Waals surface area contributed by atoms with Gasteiger partial charge in [0.15, 0.2) is 0 Å². The van der Waals surface area contributed by atoms with Gasteiger partial charge in [-0.2, -0.15) is 0 Å². The summed E-state index contributed by atoms with van der Waals surface area (Å²) >= 11 is 6.10. The Morgan fingerprint density at radius 3 is 2.46 bits per heavy atom. The van der Waals surface area contributed by atoms with E-state index < -0.39 is 0 Å². The van der Waals surface area contributed by atoms with Gasteiger partial charge < -0.3 is 5.32 Å². The van der Waals surface area contributed by atoms with E-state index in [1.807, 2.05) is 30.3 Å². The van der Waals surface area contributed by atoms with Crippen molar-refractivity contribution in [2.45, 2.75) is 20.4 Å². The number of amides is 2. The van der Waals surface area contributed by atoms with Gasteiger partial charge in [-0.3, -0.25) is 5.32 Å². The Hall–Kier alpha value is -2.85. The number of rotatable bonds is 4. The highest BCUT2D eigenvalue weighted by Gasteiger charge is 2.07. The molecule has 3 rings (SSSR count). The van der Waals surface area contributed by atoms with Crippen LogP contribution in [0.25, 0.3) is 11.3 Å². The van der Waals surface area contributed by atoms with Crippen LogP contribution in [0.3, 0.4) is 0 Å². The third kappa shape index (κ3) is 4.61. The second-order valence-electron chi connectivity index (χ2n) is 6.18. The summed E-state index contributed by atoms with van der Waals surface area (Å²) in [5, 5.41) is 6.19. The van der Waals surface area contributed by atoms with Gasteiger partial charge in [0.05, 0.1) is 5.69 Å². The first-order valence-electron chi connectivity index (χ1n) is 8.35. The minimum atomic E-state index is -0.324. The van der Waals surface area contributed by atoms with Crippen LogP contribution < -0.4 is 10.6 Å². The molecule has 132 valence electrons. The van der Waals surface area contributed by atoms with Crippen molar-refractivity contribution in [2.75, 3.05) is 5.32 Å². The van der Waals surface area contributed by atoms with Crippen LogP contribution in [0.2, 0.25) is 5.02 Å². The smallest absolute Gasteiger partial charge is 0.320 e.